The molecule has 0 aliphatic carbocycles. The van der Waals surface area contributed by atoms with E-state index in [2.05, 4.69) is 5.32 Å². The van der Waals surface area contributed by atoms with E-state index in [1.807, 2.05) is 4.90 Å². The van der Waals surface area contributed by atoms with Crippen LogP contribution in [0.5, 0.6) is 0 Å². The highest BCUT2D eigenvalue weighted by Gasteiger charge is 2.27. The summed E-state index contributed by atoms with van der Waals surface area (Å²) in [6.07, 6.45) is 1.73. The molecule has 7 nitrogen and oxygen atoms in total. The first-order valence-electron chi connectivity index (χ1n) is 6.56. The van der Waals surface area contributed by atoms with Crippen LogP contribution in [0.1, 0.15) is 23.2 Å². The summed E-state index contributed by atoms with van der Waals surface area (Å²) in [5.74, 6) is -1.23. The molecule has 0 spiro atoms. The maximum absolute atomic E-state index is 11.4. The lowest BCUT2D eigenvalue weighted by molar-refractivity contribution is -0.384. The minimum Gasteiger partial charge on any atom is -0.478 e. The maximum Gasteiger partial charge on any atom is 0.338 e. The number of nitrogens with zero attached hydrogens (tertiary/aromatic N) is 2. The lowest BCUT2D eigenvalue weighted by Gasteiger charge is -2.34. The number of carboxylic acids is 1. The number of carboxylic acid groups (broad SMARTS) is 1. The summed E-state index contributed by atoms with van der Waals surface area (Å²) in [7, 11) is 1.77. The summed E-state index contributed by atoms with van der Waals surface area (Å²) in [4.78, 5) is 23.4. The third kappa shape index (κ3) is 3.25. The molecule has 2 N–H and O–H groups in total. The quantitative estimate of drug-likeness (QED) is 0.653. The molecule has 2 rings (SSSR count). The SMILES string of the molecule is CN(c1c(Cl)cc([N+](=O)[O-])cc1C(=O)O)C1CCNCC1. The van der Waals surface area contributed by atoms with Gasteiger partial charge in [0.15, 0.2) is 0 Å². The van der Waals surface area contributed by atoms with E-state index in [-0.39, 0.29) is 22.3 Å². The third-order valence-corrected chi connectivity index (χ3v) is 3.99. The van der Waals surface area contributed by atoms with Crippen molar-refractivity contribution in [1.82, 2.24) is 5.32 Å². The molecule has 8 heteroatoms. The molecule has 0 radical (unpaired) electrons. The van der Waals surface area contributed by atoms with Crippen LogP contribution in [0.2, 0.25) is 5.02 Å². The van der Waals surface area contributed by atoms with E-state index in [1.54, 1.807) is 7.05 Å². The summed E-state index contributed by atoms with van der Waals surface area (Å²) in [5.41, 5.74) is -0.128. The summed E-state index contributed by atoms with van der Waals surface area (Å²) < 4.78 is 0. The second kappa shape index (κ2) is 6.28. The molecule has 1 fully saturated rings. The fourth-order valence-corrected chi connectivity index (χ4v) is 2.94. The predicted molar refractivity (Wildman–Crippen MR) is 79.4 cm³/mol. The van der Waals surface area contributed by atoms with Crippen molar-refractivity contribution in [2.75, 3.05) is 25.0 Å². The summed E-state index contributed by atoms with van der Waals surface area (Å²) in [5, 5.41) is 23.5. The molecule has 0 unspecified atom stereocenters. The Labute approximate surface area is 126 Å². The second-order valence-electron chi connectivity index (χ2n) is 4.98. The Morgan fingerprint density at radius 3 is 2.62 bits per heavy atom. The smallest absolute Gasteiger partial charge is 0.338 e. The maximum atomic E-state index is 11.4. The highest BCUT2D eigenvalue weighted by molar-refractivity contribution is 6.34. The monoisotopic (exact) mass is 313 g/mol. The van der Waals surface area contributed by atoms with Gasteiger partial charge >= 0.3 is 5.97 Å². The first-order valence-corrected chi connectivity index (χ1v) is 6.94. The van der Waals surface area contributed by atoms with Gasteiger partial charge in [-0.15, -0.1) is 0 Å². The Morgan fingerprint density at radius 2 is 2.10 bits per heavy atom. The van der Waals surface area contributed by atoms with Crippen molar-refractivity contribution in [1.29, 1.82) is 0 Å². The number of hydrogen-bond acceptors (Lipinski definition) is 5. The van der Waals surface area contributed by atoms with Crippen molar-refractivity contribution >= 4 is 28.9 Å². The lowest BCUT2D eigenvalue weighted by atomic mass is 10.0. The van der Waals surface area contributed by atoms with Gasteiger partial charge in [0.2, 0.25) is 0 Å². The van der Waals surface area contributed by atoms with Crippen LogP contribution in [0.3, 0.4) is 0 Å². The zero-order chi connectivity index (χ0) is 15.6. The first kappa shape index (κ1) is 15.5. The minimum absolute atomic E-state index is 0.0858. The molecule has 0 saturated carbocycles. The van der Waals surface area contributed by atoms with Crippen LogP contribution in [-0.4, -0.2) is 42.2 Å². The van der Waals surface area contributed by atoms with Crippen LogP contribution >= 0.6 is 11.6 Å². The Morgan fingerprint density at radius 1 is 1.48 bits per heavy atom. The number of carbonyl (C=O) groups is 1. The van der Waals surface area contributed by atoms with Crippen molar-refractivity contribution in [3.8, 4) is 0 Å². The van der Waals surface area contributed by atoms with Crippen molar-refractivity contribution < 1.29 is 14.8 Å². The molecule has 1 heterocycles. The van der Waals surface area contributed by atoms with Gasteiger partial charge in [-0.2, -0.15) is 0 Å². The number of nitro groups is 1. The van der Waals surface area contributed by atoms with Crippen LogP contribution in [0.25, 0.3) is 0 Å². The number of non-ortho nitro benzene ring substituents is 1. The average molecular weight is 314 g/mol. The number of hydrogen-bond donors (Lipinski definition) is 2. The molecular weight excluding hydrogens is 298 g/mol. The zero-order valence-corrected chi connectivity index (χ0v) is 12.3. The molecule has 1 saturated heterocycles. The fraction of sp³-hybridized carbons (Fsp3) is 0.462. The van der Waals surface area contributed by atoms with Gasteiger partial charge in [0.1, 0.15) is 0 Å². The van der Waals surface area contributed by atoms with Gasteiger partial charge in [0.05, 0.1) is 21.2 Å². The summed E-state index contributed by atoms with van der Waals surface area (Å²) in [6, 6.07) is 2.41. The number of rotatable bonds is 4. The largest absolute Gasteiger partial charge is 0.478 e. The highest BCUT2D eigenvalue weighted by atomic mass is 35.5. The van der Waals surface area contributed by atoms with Crippen LogP contribution < -0.4 is 10.2 Å². The van der Waals surface area contributed by atoms with E-state index in [1.165, 1.54) is 6.07 Å². The second-order valence-corrected chi connectivity index (χ2v) is 5.39. The standard InChI is InChI=1S/C13H16ClN3O4/c1-16(8-2-4-15-5-3-8)12-10(13(18)19)6-9(17(20)21)7-11(12)14/h6-8,15H,2-5H2,1H3,(H,18,19). The van der Waals surface area contributed by atoms with Gasteiger partial charge < -0.3 is 15.3 Å². The van der Waals surface area contributed by atoms with Gasteiger partial charge in [0, 0.05) is 25.2 Å². The molecule has 1 aromatic carbocycles. The van der Waals surface area contributed by atoms with Crippen LogP contribution in [0.4, 0.5) is 11.4 Å². The number of halogens is 1. The first-order chi connectivity index (χ1) is 9.91. The Kier molecular flexibility index (Phi) is 4.64. The molecule has 1 aromatic rings. The third-order valence-electron chi connectivity index (χ3n) is 3.70. The molecule has 0 bridgehead atoms. The van der Waals surface area contributed by atoms with Crippen molar-refractivity contribution in [2.24, 2.45) is 0 Å². The molecule has 0 atom stereocenters. The van der Waals surface area contributed by atoms with E-state index >= 15 is 0 Å². The Bertz CT molecular complexity index is 573. The Hall–Kier alpha value is -1.86. The average Bonchev–Trinajstić information content (AvgIpc) is 2.46. The minimum atomic E-state index is -1.23. The number of anilines is 1. The molecule has 1 aliphatic heterocycles. The topological polar surface area (TPSA) is 95.7 Å². The van der Waals surface area contributed by atoms with E-state index in [9.17, 15) is 20.0 Å². The predicted octanol–water partition coefficient (Wildman–Crippen LogP) is 2.13. The molecule has 1 aliphatic rings. The number of benzene rings is 1. The van der Waals surface area contributed by atoms with Crippen molar-refractivity contribution in [3.63, 3.8) is 0 Å². The molecule has 0 amide bonds. The van der Waals surface area contributed by atoms with Gasteiger partial charge in [-0.1, -0.05) is 11.6 Å². The molecule has 114 valence electrons. The lowest BCUT2D eigenvalue weighted by Crippen LogP contribution is -2.41. The molecular formula is C13H16ClN3O4. The van der Waals surface area contributed by atoms with Gasteiger partial charge in [0.25, 0.3) is 5.69 Å². The molecule has 0 aromatic heterocycles. The van der Waals surface area contributed by atoms with E-state index in [4.69, 9.17) is 11.6 Å². The Balaban J connectivity index is 2.45. The van der Waals surface area contributed by atoms with Crippen molar-refractivity contribution in [2.45, 2.75) is 18.9 Å². The van der Waals surface area contributed by atoms with Crippen molar-refractivity contribution in [3.05, 3.63) is 32.8 Å². The number of nitro benzene ring substituents is 1. The van der Waals surface area contributed by atoms with Gasteiger partial charge in [-0.3, -0.25) is 10.1 Å². The van der Waals surface area contributed by atoms with Gasteiger partial charge in [-0.05, 0) is 25.9 Å². The number of piperidine rings is 1. The van der Waals surface area contributed by atoms with E-state index in [0.717, 1.165) is 32.0 Å². The van der Waals surface area contributed by atoms with Crippen LogP contribution in [0, 0.1) is 10.1 Å². The zero-order valence-electron chi connectivity index (χ0n) is 11.5. The molecule has 21 heavy (non-hydrogen) atoms. The van der Waals surface area contributed by atoms with E-state index < -0.39 is 10.9 Å². The normalized spacial score (nSPS) is 15.7. The summed E-state index contributed by atoms with van der Waals surface area (Å²) >= 11 is 6.11. The summed E-state index contributed by atoms with van der Waals surface area (Å²) in [6.45, 7) is 1.70. The van der Waals surface area contributed by atoms with Gasteiger partial charge in [-0.25, -0.2) is 4.79 Å². The van der Waals surface area contributed by atoms with Crippen LogP contribution in [-0.2, 0) is 0 Å². The fourth-order valence-electron chi connectivity index (χ4n) is 2.59. The number of nitrogens with one attached hydrogen (secondary N) is 1. The van der Waals surface area contributed by atoms with E-state index in [0.29, 0.717) is 5.69 Å². The highest BCUT2D eigenvalue weighted by Crippen LogP contribution is 2.35. The number of aromatic carboxylic acids is 1. The van der Waals surface area contributed by atoms with Crippen LogP contribution in [0.15, 0.2) is 12.1 Å².